The van der Waals surface area contributed by atoms with E-state index in [4.69, 9.17) is 16.3 Å². The van der Waals surface area contributed by atoms with Crippen LogP contribution in [0.2, 0.25) is 0 Å². The van der Waals surface area contributed by atoms with Crippen LogP contribution in [0, 0.1) is 0 Å². The molecule has 0 saturated carbocycles. The molecular formula is C4H9ClO2S. The first-order valence-corrected chi connectivity index (χ1v) is 4.32. The number of hydrogen-bond donors (Lipinski definition) is 0. The van der Waals surface area contributed by atoms with Crippen LogP contribution in [0.1, 0.15) is 6.92 Å². The highest BCUT2D eigenvalue weighted by atomic mass is 35.5. The van der Waals surface area contributed by atoms with E-state index in [1.54, 1.807) is 0 Å². The summed E-state index contributed by atoms with van der Waals surface area (Å²) in [5.41, 5.74) is 0. The van der Waals surface area contributed by atoms with Crippen LogP contribution in [0.5, 0.6) is 0 Å². The fraction of sp³-hybridized carbons (Fsp3) is 1.00. The Labute approximate surface area is 56.6 Å². The summed E-state index contributed by atoms with van der Waals surface area (Å²) in [6.45, 7) is 2.45. The lowest BCUT2D eigenvalue weighted by atomic mass is 10.9. The normalized spacial score (nSPS) is 13.8. The van der Waals surface area contributed by atoms with Crippen molar-refractivity contribution < 1.29 is 8.95 Å². The zero-order chi connectivity index (χ0) is 6.41. The average Bonchev–Trinajstić information content (AvgIpc) is 1.83. The smallest absolute Gasteiger partial charge is 0.123 e. The van der Waals surface area contributed by atoms with Gasteiger partial charge in [-0.2, -0.15) is 0 Å². The van der Waals surface area contributed by atoms with Crippen LogP contribution in [0.25, 0.3) is 0 Å². The van der Waals surface area contributed by atoms with E-state index < -0.39 is 10.8 Å². The number of rotatable bonds is 4. The quantitative estimate of drug-likeness (QED) is 0.566. The highest BCUT2D eigenvalue weighted by Gasteiger charge is 1.92. The van der Waals surface area contributed by atoms with Gasteiger partial charge in [0, 0.05) is 6.61 Å². The average molecular weight is 157 g/mol. The van der Waals surface area contributed by atoms with Crippen molar-refractivity contribution in [2.24, 2.45) is 0 Å². The fourth-order valence-corrected chi connectivity index (χ4v) is 0.812. The highest BCUT2D eigenvalue weighted by Crippen LogP contribution is 1.86. The van der Waals surface area contributed by atoms with Gasteiger partial charge in [-0.1, -0.05) is 0 Å². The van der Waals surface area contributed by atoms with Crippen LogP contribution >= 0.6 is 11.6 Å². The minimum atomic E-state index is -0.984. The monoisotopic (exact) mass is 156 g/mol. The van der Waals surface area contributed by atoms with Gasteiger partial charge in [0.15, 0.2) is 0 Å². The van der Waals surface area contributed by atoms with Gasteiger partial charge in [0.1, 0.15) is 11.2 Å². The number of ether oxygens (including phenoxy) is 1. The second-order valence-corrected chi connectivity index (χ2v) is 3.15. The maximum Gasteiger partial charge on any atom is 0.123 e. The van der Waals surface area contributed by atoms with Crippen LogP contribution in [0.15, 0.2) is 0 Å². The second-order valence-electron chi connectivity index (χ2n) is 1.16. The molecule has 0 aliphatic heterocycles. The largest absolute Gasteiger partial charge is 0.368 e. The van der Waals surface area contributed by atoms with Crippen molar-refractivity contribution in [3.05, 3.63) is 0 Å². The van der Waals surface area contributed by atoms with Crippen molar-refractivity contribution in [2.75, 3.05) is 17.8 Å². The Morgan fingerprint density at radius 2 is 2.38 bits per heavy atom. The summed E-state index contributed by atoms with van der Waals surface area (Å²) in [5.74, 6) is 0.264. The van der Waals surface area contributed by atoms with Gasteiger partial charge in [0.25, 0.3) is 0 Å². The third-order valence-electron chi connectivity index (χ3n) is 0.541. The molecule has 50 valence electrons. The predicted molar refractivity (Wildman–Crippen MR) is 35.4 cm³/mol. The summed E-state index contributed by atoms with van der Waals surface area (Å²) < 4.78 is 15.2. The van der Waals surface area contributed by atoms with E-state index in [1.165, 1.54) is 0 Å². The molecule has 0 rings (SSSR count). The molecular weight excluding hydrogens is 148 g/mol. The molecule has 0 bridgehead atoms. The molecule has 0 aromatic carbocycles. The second kappa shape index (κ2) is 5.54. The summed E-state index contributed by atoms with van der Waals surface area (Å²) >= 11 is 5.21. The fourth-order valence-electron chi connectivity index (χ4n) is 0.208. The van der Waals surface area contributed by atoms with Gasteiger partial charge in [0.05, 0.1) is 10.8 Å². The zero-order valence-corrected chi connectivity index (χ0v) is 6.30. The van der Waals surface area contributed by atoms with Gasteiger partial charge < -0.3 is 4.74 Å². The summed E-state index contributed by atoms with van der Waals surface area (Å²) in [7, 11) is -0.984. The lowest BCUT2D eigenvalue weighted by Crippen LogP contribution is -2.01. The molecule has 0 N–H and O–H groups in total. The van der Waals surface area contributed by atoms with Crippen LogP contribution in [-0.4, -0.2) is 22.0 Å². The van der Waals surface area contributed by atoms with Gasteiger partial charge >= 0.3 is 0 Å². The molecule has 0 unspecified atom stereocenters. The van der Waals surface area contributed by atoms with Crippen molar-refractivity contribution in [1.29, 1.82) is 0 Å². The Morgan fingerprint density at radius 3 is 2.75 bits per heavy atom. The standard InChI is InChI=1S/C4H9ClO2S/c1-2-7-4-8(6)3-5/h2-4H2,1H3/t8-/m0/s1. The molecule has 2 nitrogen and oxygen atoms in total. The Hall–Kier alpha value is 0.400. The maximum atomic E-state index is 10.4. The molecule has 0 aromatic rings. The molecule has 1 atom stereocenters. The molecule has 0 saturated heterocycles. The number of hydrogen-bond acceptors (Lipinski definition) is 2. The molecule has 4 heteroatoms. The first-order chi connectivity index (χ1) is 3.81. The van der Waals surface area contributed by atoms with Crippen LogP contribution < -0.4 is 0 Å². The van der Waals surface area contributed by atoms with Crippen LogP contribution in [0.3, 0.4) is 0 Å². The first-order valence-electron chi connectivity index (χ1n) is 2.30. The van der Waals surface area contributed by atoms with E-state index in [9.17, 15) is 4.21 Å². The zero-order valence-electron chi connectivity index (χ0n) is 4.72. The Bertz CT molecular complexity index is 76.4. The Morgan fingerprint density at radius 1 is 1.75 bits per heavy atom. The maximum absolute atomic E-state index is 10.4. The van der Waals surface area contributed by atoms with E-state index in [1.807, 2.05) is 6.92 Å². The van der Waals surface area contributed by atoms with Gasteiger partial charge in [-0.25, -0.2) is 0 Å². The molecule has 0 aliphatic carbocycles. The molecule has 0 aliphatic rings. The Kier molecular flexibility index (Phi) is 5.81. The molecule has 0 amide bonds. The summed E-state index contributed by atoms with van der Waals surface area (Å²) in [5, 5.41) is 0.167. The van der Waals surface area contributed by atoms with E-state index in [2.05, 4.69) is 0 Å². The van der Waals surface area contributed by atoms with E-state index >= 15 is 0 Å². The molecule has 0 heterocycles. The van der Waals surface area contributed by atoms with Crippen LogP contribution in [0.4, 0.5) is 0 Å². The Balaban J connectivity index is 2.99. The van der Waals surface area contributed by atoms with Crippen molar-refractivity contribution in [3.63, 3.8) is 0 Å². The lowest BCUT2D eigenvalue weighted by Gasteiger charge is -1.95. The third-order valence-corrected chi connectivity index (χ3v) is 1.94. The van der Waals surface area contributed by atoms with Gasteiger partial charge in [-0.15, -0.1) is 11.6 Å². The van der Waals surface area contributed by atoms with E-state index in [0.29, 0.717) is 6.61 Å². The molecule has 8 heavy (non-hydrogen) atoms. The molecule has 0 aromatic heterocycles. The number of alkyl halides is 1. The van der Waals surface area contributed by atoms with Crippen molar-refractivity contribution in [2.45, 2.75) is 6.92 Å². The number of halogens is 1. The van der Waals surface area contributed by atoms with Crippen molar-refractivity contribution in [3.8, 4) is 0 Å². The van der Waals surface area contributed by atoms with E-state index in [-0.39, 0.29) is 11.2 Å². The SMILES string of the molecule is CCOC[S@@](=O)CCl. The van der Waals surface area contributed by atoms with Gasteiger partial charge in [-0.05, 0) is 6.92 Å². The van der Waals surface area contributed by atoms with Crippen LogP contribution in [-0.2, 0) is 15.5 Å². The summed E-state index contributed by atoms with van der Waals surface area (Å²) in [6, 6.07) is 0. The summed E-state index contributed by atoms with van der Waals surface area (Å²) in [4.78, 5) is 0. The minimum absolute atomic E-state index is 0.167. The predicted octanol–water partition coefficient (Wildman–Crippen LogP) is 0.925. The molecule has 0 radical (unpaired) electrons. The highest BCUT2D eigenvalue weighted by molar-refractivity contribution is 7.86. The first kappa shape index (κ1) is 8.40. The van der Waals surface area contributed by atoms with Gasteiger partial charge in [-0.3, -0.25) is 4.21 Å². The summed E-state index contributed by atoms with van der Waals surface area (Å²) in [6.07, 6.45) is 0. The van der Waals surface area contributed by atoms with E-state index in [0.717, 1.165) is 0 Å². The third kappa shape index (κ3) is 4.56. The van der Waals surface area contributed by atoms with Crippen molar-refractivity contribution >= 4 is 22.4 Å². The van der Waals surface area contributed by atoms with Gasteiger partial charge in [0.2, 0.25) is 0 Å². The lowest BCUT2D eigenvalue weighted by molar-refractivity contribution is 0.196. The van der Waals surface area contributed by atoms with Crippen molar-refractivity contribution in [1.82, 2.24) is 0 Å². The molecule has 0 fully saturated rings. The molecule has 0 spiro atoms. The minimum Gasteiger partial charge on any atom is -0.368 e. The topological polar surface area (TPSA) is 26.3 Å².